The van der Waals surface area contributed by atoms with Crippen molar-refractivity contribution in [2.45, 2.75) is 31.7 Å². The molecule has 2 aromatic heterocycles. The van der Waals surface area contributed by atoms with E-state index in [1.165, 1.54) is 11.8 Å². The van der Waals surface area contributed by atoms with Crippen molar-refractivity contribution in [3.05, 3.63) is 71.5 Å². The quantitative estimate of drug-likeness (QED) is 0.226. The van der Waals surface area contributed by atoms with Crippen molar-refractivity contribution in [1.82, 2.24) is 14.6 Å². The summed E-state index contributed by atoms with van der Waals surface area (Å²) < 4.78 is 7.76. The van der Waals surface area contributed by atoms with Gasteiger partial charge in [-0.2, -0.15) is 5.10 Å². The predicted octanol–water partition coefficient (Wildman–Crippen LogP) is 6.27. The van der Waals surface area contributed by atoms with Gasteiger partial charge in [0.15, 0.2) is 0 Å². The zero-order chi connectivity index (χ0) is 23.2. The average Bonchev–Trinajstić information content (AvgIpc) is 3.25. The highest BCUT2D eigenvalue weighted by atomic mass is 35.5. The van der Waals surface area contributed by atoms with Crippen molar-refractivity contribution in [2.75, 3.05) is 17.7 Å². The van der Waals surface area contributed by atoms with Crippen LogP contribution in [-0.4, -0.2) is 32.9 Å². The summed E-state index contributed by atoms with van der Waals surface area (Å²) in [6.07, 6.45) is 5.57. The topological polar surface area (TPSA) is 68.5 Å². The number of carbonyl (C=O) groups is 1. The lowest BCUT2D eigenvalue weighted by Crippen LogP contribution is -2.14. The number of rotatable bonds is 9. The molecular formula is C25H25ClN4O2S. The van der Waals surface area contributed by atoms with Crippen molar-refractivity contribution < 1.29 is 9.53 Å². The molecule has 170 valence electrons. The summed E-state index contributed by atoms with van der Waals surface area (Å²) in [4.78, 5) is 16.9. The Bertz CT molecular complexity index is 1270. The maximum atomic E-state index is 12.5. The van der Waals surface area contributed by atoms with Crippen LogP contribution in [-0.2, 0) is 4.79 Å². The summed E-state index contributed by atoms with van der Waals surface area (Å²) in [6.45, 7) is 4.73. The minimum atomic E-state index is -0.127. The van der Waals surface area contributed by atoms with E-state index in [0.717, 1.165) is 46.0 Å². The molecule has 2 heterocycles. The van der Waals surface area contributed by atoms with Gasteiger partial charge in [0.05, 0.1) is 23.6 Å². The monoisotopic (exact) mass is 480 g/mol. The number of fused-ring (bicyclic) bond motifs is 1. The van der Waals surface area contributed by atoms with E-state index in [1.807, 2.05) is 49.4 Å². The Morgan fingerprint density at radius 2 is 2.06 bits per heavy atom. The summed E-state index contributed by atoms with van der Waals surface area (Å²) in [5, 5.41) is 8.95. The number of anilines is 1. The smallest absolute Gasteiger partial charge is 0.234 e. The average molecular weight is 481 g/mol. The first kappa shape index (κ1) is 23.1. The molecular weight excluding hydrogens is 456 g/mol. The number of para-hydroxylation sites is 1. The number of hydrogen-bond donors (Lipinski definition) is 1. The fraction of sp³-hybridized carbons (Fsp3) is 0.240. The van der Waals surface area contributed by atoms with E-state index in [2.05, 4.69) is 17.2 Å². The Balaban J connectivity index is 1.50. The first-order valence-electron chi connectivity index (χ1n) is 10.8. The number of hydrogen-bond acceptors (Lipinski definition) is 5. The second kappa shape index (κ2) is 10.7. The van der Waals surface area contributed by atoms with Crippen LogP contribution in [0.5, 0.6) is 5.75 Å². The van der Waals surface area contributed by atoms with Crippen molar-refractivity contribution in [1.29, 1.82) is 0 Å². The van der Waals surface area contributed by atoms with Gasteiger partial charge in [0, 0.05) is 28.7 Å². The van der Waals surface area contributed by atoms with Crippen LogP contribution in [0.4, 0.5) is 5.69 Å². The van der Waals surface area contributed by atoms with Crippen LogP contribution in [0.1, 0.15) is 25.3 Å². The number of amides is 1. The summed E-state index contributed by atoms with van der Waals surface area (Å²) in [6, 6.07) is 15.4. The lowest BCUT2D eigenvalue weighted by Gasteiger charge is -2.09. The molecule has 0 aliphatic heterocycles. The molecule has 4 aromatic rings. The number of thioether (sulfide) groups is 1. The normalized spacial score (nSPS) is 11.0. The molecule has 8 heteroatoms. The van der Waals surface area contributed by atoms with E-state index in [1.54, 1.807) is 23.0 Å². The summed E-state index contributed by atoms with van der Waals surface area (Å²) in [5.41, 5.74) is 4.22. The Kier molecular flexibility index (Phi) is 7.52. The van der Waals surface area contributed by atoms with Gasteiger partial charge in [0.2, 0.25) is 5.91 Å². The summed E-state index contributed by atoms with van der Waals surface area (Å²) >= 11 is 7.52. The first-order valence-corrected chi connectivity index (χ1v) is 12.2. The molecule has 4 rings (SSSR count). The van der Waals surface area contributed by atoms with Gasteiger partial charge >= 0.3 is 0 Å². The lowest BCUT2D eigenvalue weighted by molar-refractivity contribution is -0.113. The van der Waals surface area contributed by atoms with E-state index in [4.69, 9.17) is 21.4 Å². The molecule has 0 fully saturated rings. The number of aromatic nitrogens is 3. The Morgan fingerprint density at radius 3 is 2.88 bits per heavy atom. The maximum absolute atomic E-state index is 12.5. The number of nitrogens with one attached hydrogen (secondary N) is 1. The largest absolute Gasteiger partial charge is 0.493 e. The Labute approximate surface area is 202 Å². The number of benzene rings is 2. The van der Waals surface area contributed by atoms with Gasteiger partial charge in [-0.25, -0.2) is 9.50 Å². The molecule has 33 heavy (non-hydrogen) atoms. The standard InChI is InChI=1S/C25H25ClN4O2S/c1-3-4-13-32-23-8-6-5-7-19(23)21-15-22-25(27-11-12-30(22)29-21)33-16-24(31)28-18-10-9-17(2)20(26)14-18/h5-12,14-15H,3-4,13,16H2,1-2H3,(H,28,31). The number of aryl methyl sites for hydroxylation is 1. The molecule has 0 saturated heterocycles. The molecule has 0 aliphatic carbocycles. The predicted molar refractivity (Wildman–Crippen MR) is 134 cm³/mol. The molecule has 0 atom stereocenters. The number of unbranched alkanes of at least 4 members (excludes halogenated alkanes) is 1. The first-order chi connectivity index (χ1) is 16.0. The van der Waals surface area contributed by atoms with Gasteiger partial charge in [-0.1, -0.05) is 54.9 Å². The van der Waals surface area contributed by atoms with E-state index in [-0.39, 0.29) is 11.7 Å². The highest BCUT2D eigenvalue weighted by molar-refractivity contribution is 8.00. The second-order valence-electron chi connectivity index (χ2n) is 7.59. The second-order valence-corrected chi connectivity index (χ2v) is 8.96. The van der Waals surface area contributed by atoms with E-state index < -0.39 is 0 Å². The van der Waals surface area contributed by atoms with Crippen molar-refractivity contribution in [3.63, 3.8) is 0 Å². The van der Waals surface area contributed by atoms with Gasteiger partial charge in [-0.05, 0) is 49.2 Å². The third-order valence-corrected chi connectivity index (χ3v) is 6.47. The van der Waals surface area contributed by atoms with Crippen LogP contribution in [0.3, 0.4) is 0 Å². The van der Waals surface area contributed by atoms with Crippen molar-refractivity contribution in [3.8, 4) is 17.0 Å². The summed E-state index contributed by atoms with van der Waals surface area (Å²) in [5.74, 6) is 0.904. The minimum Gasteiger partial charge on any atom is -0.493 e. The molecule has 1 amide bonds. The number of ether oxygens (including phenoxy) is 1. The lowest BCUT2D eigenvalue weighted by atomic mass is 10.1. The fourth-order valence-electron chi connectivity index (χ4n) is 3.27. The minimum absolute atomic E-state index is 0.127. The zero-order valence-corrected chi connectivity index (χ0v) is 20.1. The molecule has 0 saturated carbocycles. The SMILES string of the molecule is CCCCOc1ccccc1-c1cc2c(SCC(=O)Nc3ccc(C)c(Cl)c3)nccn2n1. The molecule has 0 aliphatic rings. The van der Waals surface area contributed by atoms with Crippen LogP contribution in [0.2, 0.25) is 5.02 Å². The van der Waals surface area contributed by atoms with Crippen LogP contribution in [0, 0.1) is 6.92 Å². The van der Waals surface area contributed by atoms with Gasteiger partial charge in [0.25, 0.3) is 0 Å². The van der Waals surface area contributed by atoms with Crippen LogP contribution in [0.15, 0.2) is 66.0 Å². The van der Waals surface area contributed by atoms with Crippen LogP contribution in [0.25, 0.3) is 16.8 Å². The molecule has 0 spiro atoms. The summed E-state index contributed by atoms with van der Waals surface area (Å²) in [7, 11) is 0. The van der Waals surface area contributed by atoms with Gasteiger partial charge < -0.3 is 10.1 Å². The Morgan fingerprint density at radius 1 is 1.21 bits per heavy atom. The highest BCUT2D eigenvalue weighted by Crippen LogP contribution is 2.32. The van der Waals surface area contributed by atoms with E-state index in [0.29, 0.717) is 17.3 Å². The molecule has 0 radical (unpaired) electrons. The molecule has 2 aromatic carbocycles. The zero-order valence-electron chi connectivity index (χ0n) is 18.5. The third-order valence-electron chi connectivity index (χ3n) is 5.07. The molecule has 6 nitrogen and oxygen atoms in total. The maximum Gasteiger partial charge on any atom is 0.234 e. The van der Waals surface area contributed by atoms with E-state index in [9.17, 15) is 4.79 Å². The number of nitrogens with zero attached hydrogens (tertiary/aromatic N) is 3. The molecule has 1 N–H and O–H groups in total. The Hall–Kier alpha value is -3.03. The molecule has 0 bridgehead atoms. The van der Waals surface area contributed by atoms with Crippen molar-refractivity contribution >= 4 is 40.5 Å². The number of halogens is 1. The number of carbonyl (C=O) groups excluding carboxylic acids is 1. The highest BCUT2D eigenvalue weighted by Gasteiger charge is 2.14. The third kappa shape index (κ3) is 5.67. The van der Waals surface area contributed by atoms with E-state index >= 15 is 0 Å². The molecule has 0 unspecified atom stereocenters. The fourth-order valence-corrected chi connectivity index (χ4v) is 4.23. The van der Waals surface area contributed by atoms with Gasteiger partial charge in [-0.15, -0.1) is 0 Å². The van der Waals surface area contributed by atoms with Crippen molar-refractivity contribution in [2.24, 2.45) is 0 Å². The van der Waals surface area contributed by atoms with Gasteiger partial charge in [-0.3, -0.25) is 4.79 Å². The van der Waals surface area contributed by atoms with Crippen LogP contribution < -0.4 is 10.1 Å². The van der Waals surface area contributed by atoms with Gasteiger partial charge in [0.1, 0.15) is 10.8 Å². The van der Waals surface area contributed by atoms with Crippen LogP contribution >= 0.6 is 23.4 Å².